The predicted molar refractivity (Wildman–Crippen MR) is 145 cm³/mol. The zero-order valence-corrected chi connectivity index (χ0v) is 21.8. The third kappa shape index (κ3) is 6.51. The number of ether oxygens (including phenoxy) is 2. The lowest BCUT2D eigenvalue weighted by Gasteiger charge is -2.27. The zero-order chi connectivity index (χ0) is 26.5. The molecular weight excluding hydrogens is 531 g/mol. The number of aromatic nitrogens is 2. The Morgan fingerprint density at radius 1 is 0.789 bits per heavy atom. The molecule has 4 heterocycles. The van der Waals surface area contributed by atoms with E-state index in [4.69, 9.17) is 32.7 Å². The van der Waals surface area contributed by atoms with Crippen LogP contribution in [0.5, 0.6) is 11.5 Å². The van der Waals surface area contributed by atoms with Crippen LogP contribution in [0.4, 0.5) is 11.4 Å². The average molecular weight is 557 g/mol. The van der Waals surface area contributed by atoms with Gasteiger partial charge < -0.3 is 30.7 Å². The van der Waals surface area contributed by atoms with E-state index in [9.17, 15) is 9.59 Å². The van der Waals surface area contributed by atoms with Gasteiger partial charge in [0.2, 0.25) is 0 Å². The SMILES string of the molecule is O=C(Nc1cc(OCC2CCN2)cnc1Cl)c1ccc(C(=O)Nc2cc(OC[C@@H]3CCN3)cnc2Cl)cc1. The van der Waals surface area contributed by atoms with E-state index in [2.05, 4.69) is 31.2 Å². The van der Waals surface area contributed by atoms with Gasteiger partial charge in [0.15, 0.2) is 10.3 Å². The van der Waals surface area contributed by atoms with E-state index in [1.165, 1.54) is 12.4 Å². The van der Waals surface area contributed by atoms with Crippen LogP contribution in [0.25, 0.3) is 0 Å². The normalized spacial score (nSPS) is 18.1. The first kappa shape index (κ1) is 26.2. The molecular formula is C26H26Cl2N6O4. The van der Waals surface area contributed by atoms with E-state index in [1.54, 1.807) is 36.4 Å². The predicted octanol–water partition coefficient (Wildman–Crippen LogP) is 3.77. The van der Waals surface area contributed by atoms with Gasteiger partial charge >= 0.3 is 0 Å². The van der Waals surface area contributed by atoms with Gasteiger partial charge in [-0.1, -0.05) is 23.2 Å². The number of pyridine rings is 2. The molecule has 4 N–H and O–H groups in total. The third-order valence-electron chi connectivity index (χ3n) is 6.29. The van der Waals surface area contributed by atoms with Crippen LogP contribution in [-0.4, -0.2) is 60.2 Å². The molecule has 12 heteroatoms. The molecule has 1 aromatic carbocycles. The number of nitrogens with zero attached hydrogens (tertiary/aromatic N) is 2. The van der Waals surface area contributed by atoms with Gasteiger partial charge in [0, 0.05) is 35.3 Å². The monoisotopic (exact) mass is 556 g/mol. The molecule has 0 aliphatic carbocycles. The van der Waals surface area contributed by atoms with Crippen LogP contribution in [-0.2, 0) is 0 Å². The van der Waals surface area contributed by atoms with Crippen molar-refractivity contribution in [3.63, 3.8) is 0 Å². The Balaban J connectivity index is 1.18. The minimum atomic E-state index is -0.406. The molecule has 38 heavy (non-hydrogen) atoms. The van der Waals surface area contributed by atoms with E-state index in [0.29, 0.717) is 59.3 Å². The number of benzene rings is 1. The number of hydrogen-bond donors (Lipinski definition) is 4. The molecule has 1 unspecified atom stereocenters. The second-order valence-corrected chi connectivity index (χ2v) is 9.72. The first-order valence-corrected chi connectivity index (χ1v) is 13.0. The fourth-order valence-corrected chi connectivity index (χ4v) is 4.03. The lowest BCUT2D eigenvalue weighted by atomic mass is 10.1. The van der Waals surface area contributed by atoms with E-state index < -0.39 is 11.8 Å². The summed E-state index contributed by atoms with van der Waals surface area (Å²) in [7, 11) is 0. The molecule has 2 atom stereocenters. The Labute approximate surface area is 229 Å². The number of carbonyl (C=O) groups excluding carboxylic acids is 2. The van der Waals surface area contributed by atoms with Crippen LogP contribution in [0.1, 0.15) is 33.6 Å². The molecule has 2 aliphatic rings. The summed E-state index contributed by atoms with van der Waals surface area (Å²) in [5.41, 5.74) is 1.33. The van der Waals surface area contributed by atoms with Gasteiger partial charge in [0.1, 0.15) is 24.7 Å². The fraction of sp³-hybridized carbons (Fsp3) is 0.308. The van der Waals surface area contributed by atoms with Crippen LogP contribution < -0.4 is 30.7 Å². The molecule has 2 amide bonds. The third-order valence-corrected chi connectivity index (χ3v) is 6.89. The molecule has 5 rings (SSSR count). The summed E-state index contributed by atoms with van der Waals surface area (Å²) in [6.45, 7) is 2.99. The Morgan fingerprint density at radius 3 is 1.53 bits per heavy atom. The summed E-state index contributed by atoms with van der Waals surface area (Å²) < 4.78 is 11.5. The van der Waals surface area contributed by atoms with Gasteiger partial charge in [0.25, 0.3) is 11.8 Å². The van der Waals surface area contributed by atoms with Gasteiger partial charge in [-0.15, -0.1) is 0 Å². The molecule has 0 radical (unpaired) electrons. The summed E-state index contributed by atoms with van der Waals surface area (Å²) in [6.07, 6.45) is 5.14. The zero-order valence-electron chi connectivity index (χ0n) is 20.3. The summed E-state index contributed by atoms with van der Waals surface area (Å²) in [5, 5.41) is 12.3. The van der Waals surface area contributed by atoms with E-state index in [1.807, 2.05) is 0 Å². The highest BCUT2D eigenvalue weighted by molar-refractivity contribution is 6.33. The molecule has 2 fully saturated rings. The minimum Gasteiger partial charge on any atom is -0.490 e. The highest BCUT2D eigenvalue weighted by Crippen LogP contribution is 2.27. The summed E-state index contributed by atoms with van der Waals surface area (Å²) >= 11 is 12.3. The molecule has 0 saturated carbocycles. The maximum atomic E-state index is 12.8. The number of amides is 2. The number of carbonyl (C=O) groups is 2. The van der Waals surface area contributed by atoms with Crippen molar-refractivity contribution in [2.75, 3.05) is 36.9 Å². The highest BCUT2D eigenvalue weighted by Gasteiger charge is 2.19. The van der Waals surface area contributed by atoms with Crippen molar-refractivity contribution in [2.24, 2.45) is 0 Å². The largest absolute Gasteiger partial charge is 0.490 e. The molecule has 198 valence electrons. The molecule has 3 aromatic rings. The van der Waals surface area contributed by atoms with Crippen molar-refractivity contribution in [1.29, 1.82) is 0 Å². The standard InChI is InChI=1S/C26H26Cl2N6O4/c27-23-21(9-19(11-31-23)37-13-17-5-7-29-17)33-25(35)15-1-2-16(4-3-15)26(36)34-22-10-20(12-32-24(22)28)38-14-18-6-8-30-18/h1-4,9-12,17-18,29-30H,5-8,13-14H2,(H,33,35)(H,34,36)/t17-,18?/m0/s1. The first-order valence-electron chi connectivity index (χ1n) is 12.2. The van der Waals surface area contributed by atoms with Crippen LogP contribution in [0, 0.1) is 0 Å². The van der Waals surface area contributed by atoms with Crippen LogP contribution in [0.15, 0.2) is 48.8 Å². The van der Waals surface area contributed by atoms with Gasteiger partial charge in [0.05, 0.1) is 23.8 Å². The topological polar surface area (TPSA) is 126 Å². The maximum Gasteiger partial charge on any atom is 0.255 e. The Morgan fingerprint density at radius 2 is 1.18 bits per heavy atom. The van der Waals surface area contributed by atoms with Crippen molar-refractivity contribution < 1.29 is 19.1 Å². The Kier molecular flexibility index (Phi) is 8.23. The van der Waals surface area contributed by atoms with Crippen molar-refractivity contribution >= 4 is 46.4 Å². The number of anilines is 2. The van der Waals surface area contributed by atoms with E-state index in [-0.39, 0.29) is 10.3 Å². The number of halogens is 2. The van der Waals surface area contributed by atoms with Crippen molar-refractivity contribution in [1.82, 2.24) is 20.6 Å². The Bertz CT molecular complexity index is 1220. The average Bonchev–Trinajstić information content (AvgIpc) is 2.86. The molecule has 0 spiro atoms. The first-order chi connectivity index (χ1) is 18.4. The van der Waals surface area contributed by atoms with Crippen molar-refractivity contribution in [3.05, 3.63) is 70.2 Å². The summed E-state index contributed by atoms with van der Waals surface area (Å²) in [4.78, 5) is 33.8. The van der Waals surface area contributed by atoms with Gasteiger partial charge in [-0.25, -0.2) is 9.97 Å². The number of hydrogen-bond acceptors (Lipinski definition) is 8. The second kappa shape index (κ2) is 12.0. The van der Waals surface area contributed by atoms with E-state index in [0.717, 1.165) is 25.9 Å². The second-order valence-electron chi connectivity index (χ2n) is 9.01. The van der Waals surface area contributed by atoms with Crippen molar-refractivity contribution in [2.45, 2.75) is 24.9 Å². The molecule has 10 nitrogen and oxygen atoms in total. The van der Waals surface area contributed by atoms with Gasteiger partial charge in [-0.05, 0) is 50.2 Å². The van der Waals surface area contributed by atoms with Gasteiger partial charge in [-0.2, -0.15) is 0 Å². The van der Waals surface area contributed by atoms with Gasteiger partial charge in [-0.3, -0.25) is 9.59 Å². The summed E-state index contributed by atoms with van der Waals surface area (Å²) in [6, 6.07) is 10.1. The quantitative estimate of drug-likeness (QED) is 0.278. The number of rotatable bonds is 10. The van der Waals surface area contributed by atoms with E-state index >= 15 is 0 Å². The molecule has 2 aromatic heterocycles. The molecule has 2 saturated heterocycles. The smallest absolute Gasteiger partial charge is 0.255 e. The lowest BCUT2D eigenvalue weighted by Crippen LogP contribution is -2.46. The highest BCUT2D eigenvalue weighted by atomic mass is 35.5. The number of nitrogens with one attached hydrogen (secondary N) is 4. The minimum absolute atomic E-state index is 0.143. The maximum absolute atomic E-state index is 12.8. The van der Waals surface area contributed by atoms with Crippen LogP contribution >= 0.6 is 23.2 Å². The van der Waals surface area contributed by atoms with Crippen LogP contribution in [0.2, 0.25) is 10.3 Å². The molecule has 0 bridgehead atoms. The summed E-state index contributed by atoms with van der Waals surface area (Å²) in [5.74, 6) is 0.202. The molecule has 2 aliphatic heterocycles. The lowest BCUT2D eigenvalue weighted by molar-refractivity contribution is 0.101. The van der Waals surface area contributed by atoms with Crippen LogP contribution in [0.3, 0.4) is 0 Å². The Hall–Kier alpha value is -3.44. The fourth-order valence-electron chi connectivity index (χ4n) is 3.73. The van der Waals surface area contributed by atoms with Crippen molar-refractivity contribution in [3.8, 4) is 11.5 Å².